The summed E-state index contributed by atoms with van der Waals surface area (Å²) in [6.45, 7) is 4.85. The van der Waals surface area contributed by atoms with E-state index in [-0.39, 0.29) is 5.84 Å². The van der Waals surface area contributed by atoms with E-state index in [0.29, 0.717) is 12.5 Å². The van der Waals surface area contributed by atoms with Gasteiger partial charge >= 0.3 is 0 Å². The summed E-state index contributed by atoms with van der Waals surface area (Å²) in [5.74, 6) is 1.46. The Morgan fingerprint density at radius 3 is 2.45 bits per heavy atom. The van der Waals surface area contributed by atoms with E-state index in [1.165, 1.54) is 5.56 Å². The summed E-state index contributed by atoms with van der Waals surface area (Å²) in [4.78, 5) is 0. The highest BCUT2D eigenvalue weighted by Crippen LogP contribution is 2.21. The second kappa shape index (κ2) is 6.24. The van der Waals surface area contributed by atoms with Crippen molar-refractivity contribution in [3.8, 4) is 5.75 Å². The molecular formula is C17H20N2O. The fourth-order valence-corrected chi connectivity index (χ4v) is 1.91. The molecule has 2 rings (SSSR count). The third-order valence-electron chi connectivity index (χ3n) is 3.20. The van der Waals surface area contributed by atoms with Crippen LogP contribution in [0, 0.1) is 5.41 Å². The van der Waals surface area contributed by atoms with Crippen LogP contribution in [0.2, 0.25) is 0 Å². The van der Waals surface area contributed by atoms with Crippen LogP contribution in [0.15, 0.2) is 48.5 Å². The van der Waals surface area contributed by atoms with Crippen molar-refractivity contribution in [2.75, 3.05) is 0 Å². The maximum Gasteiger partial charge on any atom is 0.122 e. The van der Waals surface area contributed by atoms with Gasteiger partial charge in [0.1, 0.15) is 18.2 Å². The first kappa shape index (κ1) is 14.1. The summed E-state index contributed by atoms with van der Waals surface area (Å²) in [6.07, 6.45) is 0. The maximum absolute atomic E-state index is 7.35. The molecule has 0 aliphatic heterocycles. The van der Waals surface area contributed by atoms with Gasteiger partial charge in [0.25, 0.3) is 0 Å². The molecule has 0 radical (unpaired) electrons. The molecule has 2 aromatic carbocycles. The number of hydrogen-bond acceptors (Lipinski definition) is 2. The van der Waals surface area contributed by atoms with E-state index >= 15 is 0 Å². The lowest BCUT2D eigenvalue weighted by Gasteiger charge is -2.10. The van der Waals surface area contributed by atoms with Crippen molar-refractivity contribution in [1.29, 1.82) is 5.41 Å². The van der Waals surface area contributed by atoms with Crippen LogP contribution in [0.1, 0.15) is 36.5 Å². The predicted octanol–water partition coefficient (Wildman–Crippen LogP) is 3.67. The molecule has 20 heavy (non-hydrogen) atoms. The van der Waals surface area contributed by atoms with Gasteiger partial charge in [-0.05, 0) is 29.2 Å². The number of rotatable bonds is 5. The van der Waals surface area contributed by atoms with Gasteiger partial charge < -0.3 is 10.5 Å². The Labute approximate surface area is 119 Å². The first-order valence-corrected chi connectivity index (χ1v) is 6.72. The van der Waals surface area contributed by atoms with Crippen molar-refractivity contribution in [3.63, 3.8) is 0 Å². The van der Waals surface area contributed by atoms with E-state index in [1.807, 2.05) is 36.4 Å². The van der Waals surface area contributed by atoms with Gasteiger partial charge in [-0.25, -0.2) is 0 Å². The molecule has 0 aliphatic carbocycles. The highest BCUT2D eigenvalue weighted by Gasteiger charge is 2.02. The molecule has 0 aliphatic rings. The van der Waals surface area contributed by atoms with Crippen LogP contribution in [0.3, 0.4) is 0 Å². The predicted molar refractivity (Wildman–Crippen MR) is 82.3 cm³/mol. The zero-order valence-electron chi connectivity index (χ0n) is 11.9. The minimum absolute atomic E-state index is 0.0853. The van der Waals surface area contributed by atoms with E-state index < -0.39 is 0 Å². The van der Waals surface area contributed by atoms with Crippen LogP contribution in [0.25, 0.3) is 0 Å². The molecule has 104 valence electrons. The van der Waals surface area contributed by atoms with Gasteiger partial charge in [0.05, 0.1) is 0 Å². The lowest BCUT2D eigenvalue weighted by molar-refractivity contribution is 0.306. The molecule has 3 nitrogen and oxygen atoms in total. The molecule has 0 aromatic heterocycles. The molecule has 0 heterocycles. The monoisotopic (exact) mass is 268 g/mol. The van der Waals surface area contributed by atoms with E-state index in [1.54, 1.807) is 0 Å². The third kappa shape index (κ3) is 3.60. The first-order valence-electron chi connectivity index (χ1n) is 6.72. The Bertz CT molecular complexity index is 588. The Hall–Kier alpha value is -2.29. The van der Waals surface area contributed by atoms with Crippen molar-refractivity contribution in [2.24, 2.45) is 5.73 Å². The lowest BCUT2D eigenvalue weighted by atomic mass is 10.0. The smallest absolute Gasteiger partial charge is 0.122 e. The summed E-state index contributed by atoms with van der Waals surface area (Å²) in [5, 5.41) is 7.35. The summed E-state index contributed by atoms with van der Waals surface area (Å²) >= 11 is 0. The number of nitrogen functional groups attached to an aromatic ring is 1. The summed E-state index contributed by atoms with van der Waals surface area (Å²) in [6, 6.07) is 15.7. The van der Waals surface area contributed by atoms with Crippen molar-refractivity contribution >= 4 is 5.84 Å². The van der Waals surface area contributed by atoms with E-state index in [4.69, 9.17) is 15.9 Å². The number of ether oxygens (including phenoxy) is 1. The van der Waals surface area contributed by atoms with Crippen molar-refractivity contribution < 1.29 is 4.74 Å². The van der Waals surface area contributed by atoms with Gasteiger partial charge in [0.15, 0.2) is 0 Å². The van der Waals surface area contributed by atoms with Crippen LogP contribution in [0.5, 0.6) is 5.75 Å². The first-order chi connectivity index (χ1) is 9.56. The topological polar surface area (TPSA) is 59.1 Å². The SMILES string of the molecule is CC(C)c1cccc(OCc2ccc(C(=N)N)cc2)c1. The Morgan fingerprint density at radius 1 is 1.15 bits per heavy atom. The van der Waals surface area contributed by atoms with Crippen LogP contribution >= 0.6 is 0 Å². The molecule has 0 atom stereocenters. The van der Waals surface area contributed by atoms with Crippen molar-refractivity contribution in [3.05, 3.63) is 65.2 Å². The molecule has 2 aromatic rings. The van der Waals surface area contributed by atoms with Gasteiger partial charge in [-0.3, -0.25) is 5.41 Å². The molecule has 0 unspecified atom stereocenters. The van der Waals surface area contributed by atoms with E-state index in [2.05, 4.69) is 26.0 Å². The molecule has 0 fully saturated rings. The van der Waals surface area contributed by atoms with Gasteiger partial charge in [-0.2, -0.15) is 0 Å². The highest BCUT2D eigenvalue weighted by molar-refractivity contribution is 5.94. The zero-order valence-corrected chi connectivity index (χ0v) is 11.9. The van der Waals surface area contributed by atoms with Gasteiger partial charge in [0, 0.05) is 5.56 Å². The molecule has 0 saturated carbocycles. The largest absolute Gasteiger partial charge is 0.489 e. The third-order valence-corrected chi connectivity index (χ3v) is 3.20. The molecule has 0 bridgehead atoms. The highest BCUT2D eigenvalue weighted by atomic mass is 16.5. The number of amidine groups is 1. The van der Waals surface area contributed by atoms with Gasteiger partial charge in [0.2, 0.25) is 0 Å². The Morgan fingerprint density at radius 2 is 1.85 bits per heavy atom. The fraction of sp³-hybridized carbons (Fsp3) is 0.235. The van der Waals surface area contributed by atoms with Crippen molar-refractivity contribution in [2.45, 2.75) is 26.4 Å². The Balaban J connectivity index is 2.01. The maximum atomic E-state index is 7.35. The minimum atomic E-state index is 0.0853. The number of hydrogen-bond donors (Lipinski definition) is 2. The molecule has 0 spiro atoms. The molecule has 0 amide bonds. The number of benzene rings is 2. The van der Waals surface area contributed by atoms with E-state index in [0.717, 1.165) is 16.9 Å². The summed E-state index contributed by atoms with van der Waals surface area (Å²) in [7, 11) is 0. The Kier molecular flexibility index (Phi) is 4.41. The molecule has 3 heteroatoms. The fourth-order valence-electron chi connectivity index (χ4n) is 1.91. The van der Waals surface area contributed by atoms with Crippen LogP contribution < -0.4 is 10.5 Å². The minimum Gasteiger partial charge on any atom is -0.489 e. The second-order valence-corrected chi connectivity index (χ2v) is 5.13. The van der Waals surface area contributed by atoms with Crippen molar-refractivity contribution in [1.82, 2.24) is 0 Å². The quantitative estimate of drug-likeness (QED) is 0.642. The second-order valence-electron chi connectivity index (χ2n) is 5.13. The molecular weight excluding hydrogens is 248 g/mol. The van der Waals surface area contributed by atoms with Crippen LogP contribution in [0.4, 0.5) is 0 Å². The molecule has 3 N–H and O–H groups in total. The number of nitrogens with one attached hydrogen (secondary N) is 1. The zero-order chi connectivity index (χ0) is 14.5. The van der Waals surface area contributed by atoms with Crippen LogP contribution in [-0.4, -0.2) is 5.84 Å². The normalized spacial score (nSPS) is 10.6. The van der Waals surface area contributed by atoms with E-state index in [9.17, 15) is 0 Å². The average molecular weight is 268 g/mol. The number of nitrogens with two attached hydrogens (primary N) is 1. The van der Waals surface area contributed by atoms with Crippen LogP contribution in [-0.2, 0) is 6.61 Å². The summed E-state index contributed by atoms with van der Waals surface area (Å²) < 4.78 is 5.80. The van der Waals surface area contributed by atoms with Gasteiger partial charge in [-0.15, -0.1) is 0 Å². The lowest BCUT2D eigenvalue weighted by Crippen LogP contribution is -2.10. The average Bonchev–Trinajstić information content (AvgIpc) is 2.46. The van der Waals surface area contributed by atoms with Gasteiger partial charge in [-0.1, -0.05) is 50.2 Å². The summed E-state index contributed by atoms with van der Waals surface area (Å²) in [5.41, 5.74) is 8.49. The molecule has 0 saturated heterocycles. The standard InChI is InChI=1S/C17H20N2O/c1-12(2)15-4-3-5-16(10-15)20-11-13-6-8-14(9-7-13)17(18)19/h3-10,12H,11H2,1-2H3,(H3,18,19).